The van der Waals surface area contributed by atoms with Gasteiger partial charge in [0.15, 0.2) is 0 Å². The third kappa shape index (κ3) is 4.60. The number of carbonyl (C=O) groups excluding carboxylic acids is 1. The van der Waals surface area contributed by atoms with E-state index in [9.17, 15) is 4.79 Å². The Balaban J connectivity index is 2.16. The fourth-order valence-electron chi connectivity index (χ4n) is 4.02. The molecule has 0 fully saturated rings. The highest BCUT2D eigenvalue weighted by Crippen LogP contribution is 2.37. The van der Waals surface area contributed by atoms with Crippen LogP contribution in [0.15, 0.2) is 54.4 Å². The van der Waals surface area contributed by atoms with E-state index in [1.165, 1.54) is 6.21 Å². The van der Waals surface area contributed by atoms with Crippen LogP contribution in [0.25, 0.3) is 11.3 Å². The van der Waals surface area contributed by atoms with E-state index in [0.29, 0.717) is 24.2 Å². The number of fused-ring (bicyclic) bond motifs is 1. The number of para-hydroxylation sites is 1. The molecule has 8 nitrogen and oxygen atoms in total. The van der Waals surface area contributed by atoms with Gasteiger partial charge in [0.25, 0.3) is 5.91 Å². The van der Waals surface area contributed by atoms with Crippen molar-refractivity contribution in [2.24, 2.45) is 11.6 Å². The molecule has 1 heterocycles. The SMILES string of the molecule is CN/C=C(\C=N)c1ccc2c(c1)C(Nc1ccccc1C(=O)NC)CCN(N)/C2=C(/C)N. The number of amides is 1. The topological polar surface area (TPSA) is 132 Å². The summed E-state index contributed by atoms with van der Waals surface area (Å²) < 4.78 is 0. The lowest BCUT2D eigenvalue weighted by atomic mass is 9.92. The Hall–Kier alpha value is -3.78. The number of benzene rings is 2. The maximum atomic E-state index is 12.4. The summed E-state index contributed by atoms with van der Waals surface area (Å²) in [5.41, 5.74) is 12.5. The summed E-state index contributed by atoms with van der Waals surface area (Å²) in [7, 11) is 3.42. The van der Waals surface area contributed by atoms with Gasteiger partial charge in [-0.1, -0.05) is 24.3 Å². The van der Waals surface area contributed by atoms with Crippen LogP contribution in [0.5, 0.6) is 0 Å². The van der Waals surface area contributed by atoms with Gasteiger partial charge in [0.05, 0.1) is 17.3 Å². The van der Waals surface area contributed by atoms with Crippen LogP contribution < -0.4 is 27.5 Å². The van der Waals surface area contributed by atoms with Gasteiger partial charge in [-0.2, -0.15) is 0 Å². The van der Waals surface area contributed by atoms with Crippen molar-refractivity contribution in [2.45, 2.75) is 19.4 Å². The Labute approximate surface area is 188 Å². The summed E-state index contributed by atoms with van der Waals surface area (Å²) in [5, 5.41) is 18.7. The average molecular weight is 434 g/mol. The van der Waals surface area contributed by atoms with Crippen molar-refractivity contribution in [2.75, 3.05) is 26.0 Å². The molecule has 2 aromatic rings. The van der Waals surface area contributed by atoms with Crippen molar-refractivity contribution in [1.29, 1.82) is 5.41 Å². The van der Waals surface area contributed by atoms with Crippen LogP contribution >= 0.6 is 0 Å². The second kappa shape index (κ2) is 10.0. The van der Waals surface area contributed by atoms with Crippen molar-refractivity contribution in [1.82, 2.24) is 15.6 Å². The van der Waals surface area contributed by atoms with Gasteiger partial charge in [-0.25, -0.2) is 5.84 Å². The maximum Gasteiger partial charge on any atom is 0.253 e. The first-order chi connectivity index (χ1) is 15.4. The van der Waals surface area contributed by atoms with E-state index in [0.717, 1.165) is 33.6 Å². The van der Waals surface area contributed by atoms with Gasteiger partial charge in [-0.05, 0) is 42.7 Å². The molecule has 0 saturated carbocycles. The number of anilines is 1. The summed E-state index contributed by atoms with van der Waals surface area (Å²) in [6.45, 7) is 2.42. The highest BCUT2D eigenvalue weighted by molar-refractivity contribution is 6.08. The molecule has 32 heavy (non-hydrogen) atoms. The number of nitrogens with zero attached hydrogens (tertiary/aromatic N) is 1. The zero-order valence-electron chi connectivity index (χ0n) is 18.7. The van der Waals surface area contributed by atoms with Crippen LogP contribution in [-0.4, -0.2) is 37.8 Å². The van der Waals surface area contributed by atoms with E-state index in [-0.39, 0.29) is 11.9 Å². The molecule has 3 rings (SSSR count). The largest absolute Gasteiger partial charge is 0.401 e. The second-order valence-electron chi connectivity index (χ2n) is 7.67. The molecule has 8 heteroatoms. The number of allylic oxidation sites excluding steroid dienone is 2. The first kappa shape index (κ1) is 22.9. The van der Waals surface area contributed by atoms with Gasteiger partial charge in [-0.15, -0.1) is 0 Å². The van der Waals surface area contributed by atoms with Crippen LogP contribution in [0.2, 0.25) is 0 Å². The maximum absolute atomic E-state index is 12.4. The third-order valence-electron chi connectivity index (χ3n) is 5.52. The van der Waals surface area contributed by atoms with Crippen LogP contribution in [-0.2, 0) is 0 Å². The fraction of sp³-hybridized carbons (Fsp3) is 0.250. The van der Waals surface area contributed by atoms with Gasteiger partial charge in [0, 0.05) is 55.6 Å². The average Bonchev–Trinajstić information content (AvgIpc) is 2.93. The molecule has 1 unspecified atom stereocenters. The Morgan fingerprint density at radius 3 is 2.62 bits per heavy atom. The molecule has 0 aromatic heterocycles. The number of nitrogens with two attached hydrogens (primary N) is 2. The molecular weight excluding hydrogens is 402 g/mol. The Kier molecular flexibility index (Phi) is 7.17. The number of rotatable bonds is 6. The van der Waals surface area contributed by atoms with Gasteiger partial charge in [-0.3, -0.25) is 4.79 Å². The number of nitrogens with one attached hydrogen (secondary N) is 4. The molecule has 1 aliphatic heterocycles. The summed E-state index contributed by atoms with van der Waals surface area (Å²) in [5.74, 6) is 6.21. The minimum absolute atomic E-state index is 0.125. The zero-order valence-corrected chi connectivity index (χ0v) is 18.7. The fourth-order valence-corrected chi connectivity index (χ4v) is 4.02. The number of hydrazine groups is 1. The lowest BCUT2D eigenvalue weighted by Crippen LogP contribution is -2.31. The van der Waals surface area contributed by atoms with Crippen LogP contribution in [0.4, 0.5) is 5.69 Å². The summed E-state index contributed by atoms with van der Waals surface area (Å²) >= 11 is 0. The molecular formula is C24H31N7O. The molecule has 0 spiro atoms. The van der Waals surface area contributed by atoms with E-state index >= 15 is 0 Å². The summed E-state index contributed by atoms with van der Waals surface area (Å²) in [4.78, 5) is 12.4. The van der Waals surface area contributed by atoms with E-state index < -0.39 is 0 Å². The second-order valence-corrected chi connectivity index (χ2v) is 7.67. The molecule has 1 aliphatic rings. The highest BCUT2D eigenvalue weighted by atomic mass is 16.1. The highest BCUT2D eigenvalue weighted by Gasteiger charge is 2.27. The van der Waals surface area contributed by atoms with Crippen molar-refractivity contribution < 1.29 is 4.79 Å². The molecule has 0 saturated heterocycles. The predicted molar refractivity (Wildman–Crippen MR) is 131 cm³/mol. The van der Waals surface area contributed by atoms with Crippen molar-refractivity contribution in [3.63, 3.8) is 0 Å². The molecule has 8 N–H and O–H groups in total. The first-order valence-corrected chi connectivity index (χ1v) is 10.5. The molecule has 0 aliphatic carbocycles. The van der Waals surface area contributed by atoms with Crippen molar-refractivity contribution in [3.05, 3.63) is 76.6 Å². The molecule has 168 valence electrons. The number of carbonyl (C=O) groups is 1. The molecule has 1 amide bonds. The monoisotopic (exact) mass is 433 g/mol. The minimum Gasteiger partial charge on any atom is -0.401 e. The zero-order chi connectivity index (χ0) is 23.3. The quantitative estimate of drug-likeness (QED) is 0.307. The molecule has 0 radical (unpaired) electrons. The summed E-state index contributed by atoms with van der Waals surface area (Å²) in [6.07, 6.45) is 3.80. The van der Waals surface area contributed by atoms with Gasteiger partial charge in [0.2, 0.25) is 0 Å². The molecule has 2 aromatic carbocycles. The van der Waals surface area contributed by atoms with E-state index in [1.54, 1.807) is 31.4 Å². The van der Waals surface area contributed by atoms with E-state index in [2.05, 4.69) is 22.0 Å². The third-order valence-corrected chi connectivity index (χ3v) is 5.52. The molecule has 1 atom stereocenters. The van der Waals surface area contributed by atoms with E-state index in [1.807, 2.05) is 37.3 Å². The normalized spacial score (nSPS) is 17.7. The van der Waals surface area contributed by atoms with Gasteiger partial charge in [0.1, 0.15) is 0 Å². The van der Waals surface area contributed by atoms with Crippen LogP contribution in [0, 0.1) is 5.41 Å². The number of hydrogen-bond acceptors (Lipinski definition) is 7. The minimum atomic E-state index is -0.155. The predicted octanol–water partition coefficient (Wildman–Crippen LogP) is 2.64. The lowest BCUT2D eigenvalue weighted by Gasteiger charge is -2.23. The number of hydrogen-bond donors (Lipinski definition) is 6. The van der Waals surface area contributed by atoms with Crippen molar-refractivity contribution >= 4 is 29.1 Å². The lowest BCUT2D eigenvalue weighted by molar-refractivity contribution is 0.0964. The summed E-state index contributed by atoms with van der Waals surface area (Å²) in [6, 6.07) is 13.3. The molecule has 0 bridgehead atoms. The van der Waals surface area contributed by atoms with Crippen LogP contribution in [0.3, 0.4) is 0 Å². The first-order valence-electron chi connectivity index (χ1n) is 10.5. The van der Waals surface area contributed by atoms with Gasteiger partial charge < -0.3 is 32.1 Å². The van der Waals surface area contributed by atoms with Gasteiger partial charge >= 0.3 is 0 Å². The van der Waals surface area contributed by atoms with Crippen LogP contribution in [0.1, 0.15) is 46.4 Å². The Bertz CT molecular complexity index is 1070. The smallest absolute Gasteiger partial charge is 0.253 e. The standard InChI is InChI=1S/C24H31N7O/c1-15(26)23-18-9-8-16(17(13-25)14-28-2)12-20(18)22(10-11-31(23)27)30-21-7-5-4-6-19(21)24(32)29-3/h4-9,12-14,22,25,28,30H,10-11,26-27H2,1-3H3,(H,29,32)/b17-14+,23-15-,25-13?. The van der Waals surface area contributed by atoms with E-state index in [4.69, 9.17) is 17.0 Å². The Morgan fingerprint density at radius 1 is 1.22 bits per heavy atom. The van der Waals surface area contributed by atoms with Crippen molar-refractivity contribution in [3.8, 4) is 0 Å². The Morgan fingerprint density at radius 2 is 1.97 bits per heavy atom.